The van der Waals surface area contributed by atoms with Crippen molar-refractivity contribution < 1.29 is 86.0 Å². The normalized spacial score (nSPS) is 16.4. The first-order valence-electron chi connectivity index (χ1n) is 7.85. The van der Waals surface area contributed by atoms with E-state index in [1.165, 1.54) is 7.11 Å². The molecule has 234 valence electrons. The molecule has 0 unspecified atom stereocenters. The second kappa shape index (κ2) is 20.9. The van der Waals surface area contributed by atoms with Gasteiger partial charge in [-0.3, -0.25) is 13.9 Å². The van der Waals surface area contributed by atoms with Gasteiger partial charge in [0.25, 0.3) is 0 Å². The van der Waals surface area contributed by atoms with Crippen LogP contribution >= 0.6 is 0 Å². The Morgan fingerprint density at radius 2 is 1.14 bits per heavy atom. The van der Waals surface area contributed by atoms with Crippen LogP contribution in [-0.4, -0.2) is 63.8 Å². The average molecular weight is 699 g/mol. The Morgan fingerprint density at radius 3 is 1.35 bits per heavy atom. The molecule has 23 heteroatoms. The summed E-state index contributed by atoms with van der Waals surface area (Å²) in [5.41, 5.74) is -11.5. The van der Waals surface area contributed by atoms with E-state index in [0.29, 0.717) is 5.92 Å². The smallest absolute Gasteiger partial charge is 0.469 e. The number of allylic oxidation sites excluding steroid dienone is 1. The van der Waals surface area contributed by atoms with Crippen molar-refractivity contribution in [3.05, 3.63) is 12.2 Å². The summed E-state index contributed by atoms with van der Waals surface area (Å²) >= 11 is 0. The molecule has 14 nitrogen and oxygen atoms in total. The Kier molecular flexibility index (Phi) is 31.8. The maximum absolute atomic E-state index is 11.6. The molecule has 1 aliphatic carbocycles. The Morgan fingerprint density at radius 1 is 0.838 bits per heavy atom. The average Bonchev–Trinajstić information content (AvgIpc) is 3.01. The zero-order valence-corrected chi connectivity index (χ0v) is 23.8. The van der Waals surface area contributed by atoms with Gasteiger partial charge < -0.3 is 40.2 Å². The topological polar surface area (TPSA) is 319 Å². The Bertz CT molecular complexity index is 800. The van der Waals surface area contributed by atoms with Crippen molar-refractivity contribution in [2.45, 2.75) is 31.3 Å². The second-order valence-electron chi connectivity index (χ2n) is 6.50. The zero-order chi connectivity index (χ0) is 25.5. The fourth-order valence-corrected chi connectivity index (χ4v) is 2.06. The Hall–Kier alpha value is -1.01. The van der Waals surface area contributed by atoms with Crippen LogP contribution in [0, 0.1) is 17.3 Å². The van der Waals surface area contributed by atoms with E-state index in [4.69, 9.17) is 35.4 Å². The summed E-state index contributed by atoms with van der Waals surface area (Å²) in [5, 5.41) is 0. The molecular weight excluding hydrogens is 661 g/mol. The van der Waals surface area contributed by atoms with Gasteiger partial charge in [0.05, 0.1) is 19.1 Å². The predicted molar refractivity (Wildman–Crippen MR) is 119 cm³/mol. The molecule has 0 fully saturated rings. The van der Waals surface area contributed by atoms with Crippen molar-refractivity contribution >= 4 is 26.2 Å². The molecule has 0 aliphatic heterocycles. The summed E-state index contributed by atoms with van der Waals surface area (Å²) in [4.78, 5) is 11.6. The van der Waals surface area contributed by atoms with Crippen molar-refractivity contribution in [2.75, 3.05) is 20.8 Å². The number of hydrogen-bond donors (Lipinski definition) is 7. The number of hydrogen-bond acceptors (Lipinski definition) is 12. The molecule has 17 N–H and O–H groups in total. The molecular formula is C14H37F6N5O9RuS2. The maximum atomic E-state index is 11.6. The molecule has 37 heavy (non-hydrogen) atoms. The summed E-state index contributed by atoms with van der Waals surface area (Å²) in [6.45, 7) is 4.59. The number of carbonyl (C=O) groups is 1. The fourth-order valence-electron chi connectivity index (χ4n) is 2.06. The summed E-state index contributed by atoms with van der Waals surface area (Å²) in [7, 11) is -8.54. The van der Waals surface area contributed by atoms with Gasteiger partial charge in [-0.2, -0.15) is 43.2 Å². The van der Waals surface area contributed by atoms with Crippen molar-refractivity contribution in [1.82, 2.24) is 30.8 Å². The Labute approximate surface area is 224 Å². The van der Waals surface area contributed by atoms with Crippen LogP contribution in [0.4, 0.5) is 26.3 Å². The zero-order valence-electron chi connectivity index (χ0n) is 20.4. The van der Waals surface area contributed by atoms with Gasteiger partial charge in [-0.1, -0.05) is 12.2 Å². The first-order valence-corrected chi connectivity index (χ1v) is 10.7. The molecule has 0 aromatic heterocycles. The molecule has 0 spiro atoms. The quantitative estimate of drug-likeness (QED) is 0.0551. The molecule has 0 aromatic carbocycles. The first-order chi connectivity index (χ1) is 13.5. The van der Waals surface area contributed by atoms with Crippen molar-refractivity contribution in [3.8, 4) is 0 Å². The molecule has 0 saturated heterocycles. The molecule has 2 atom stereocenters. The monoisotopic (exact) mass is 699 g/mol. The molecule has 0 radical (unpaired) electrons. The summed E-state index contributed by atoms with van der Waals surface area (Å²) in [5.74, 6) is 0.546. The van der Waals surface area contributed by atoms with E-state index in [0.717, 1.165) is 13.0 Å². The van der Waals surface area contributed by atoms with Gasteiger partial charge >= 0.3 is 37.2 Å². The van der Waals surface area contributed by atoms with E-state index in [9.17, 15) is 31.1 Å². The van der Waals surface area contributed by atoms with Crippen molar-refractivity contribution in [3.63, 3.8) is 0 Å². The number of methoxy groups -OCH3 is 2. The number of ether oxygens (including phenoxy) is 2. The summed E-state index contributed by atoms with van der Waals surface area (Å²) in [6.07, 6.45) is 5.22. The van der Waals surface area contributed by atoms with Crippen molar-refractivity contribution in [1.29, 1.82) is 0 Å². The standard InChI is InChI=1S/C12H20O3.2CHF3O3S.5H3N.Ru/c1-12(2,11(13)15-4)10-6-5-9(7-10)8-14-3;2*2-1(3,4)8(5,6)7;;;;;;/h5-6,9-10H,7-8H2,1-4H3;2*(H,5,6,7);5*1H3;/t9-,10+;;;;;;;;/m1......../s1. The first kappa shape index (κ1) is 56.2. The fraction of sp³-hybridized carbons (Fsp3) is 0.786. The minimum absolute atomic E-state index is 0. The van der Waals surface area contributed by atoms with Crippen LogP contribution in [0.2, 0.25) is 0 Å². The molecule has 1 aliphatic rings. The van der Waals surface area contributed by atoms with Crippen LogP contribution in [0.15, 0.2) is 12.2 Å². The minimum Gasteiger partial charge on any atom is -0.469 e. The van der Waals surface area contributed by atoms with Gasteiger partial charge in [-0.25, -0.2) is 0 Å². The van der Waals surface area contributed by atoms with Crippen LogP contribution in [0.5, 0.6) is 0 Å². The molecule has 1 rings (SSSR count). The summed E-state index contributed by atoms with van der Waals surface area (Å²) in [6, 6.07) is 0. The molecule has 0 saturated carbocycles. The number of halogens is 6. The number of esters is 1. The molecule has 0 aromatic rings. The SMILES string of the molecule is COC[C@@H]1C=C[C@H](C(C)(C)C(=O)OC)C1.N.N.N.N.N.O=S(=O)(O)C(F)(F)F.O=S(=O)(O)C(F)(F)F.[Ru]. The minimum atomic E-state index is -5.84. The largest absolute Gasteiger partial charge is 0.522 e. The summed E-state index contributed by atoms with van der Waals surface area (Å²) < 4.78 is 125. The Balaban J connectivity index is -0.0000000563. The van der Waals surface area contributed by atoms with Gasteiger partial charge in [0.1, 0.15) is 0 Å². The molecule has 0 bridgehead atoms. The third-order valence-electron chi connectivity index (χ3n) is 3.78. The number of alkyl halides is 6. The van der Waals surface area contributed by atoms with E-state index in [1.807, 2.05) is 13.8 Å². The third kappa shape index (κ3) is 20.6. The third-order valence-corrected chi connectivity index (χ3v) is 4.95. The van der Waals surface area contributed by atoms with Gasteiger partial charge in [0.2, 0.25) is 0 Å². The van der Waals surface area contributed by atoms with E-state index in [-0.39, 0.29) is 62.1 Å². The van der Waals surface area contributed by atoms with Gasteiger partial charge in [0.15, 0.2) is 0 Å². The van der Waals surface area contributed by atoms with E-state index < -0.39 is 36.7 Å². The number of rotatable bonds is 4. The van der Waals surface area contributed by atoms with Gasteiger partial charge in [-0.05, 0) is 26.2 Å². The van der Waals surface area contributed by atoms with Crippen LogP contribution in [0.1, 0.15) is 20.3 Å². The molecule has 0 heterocycles. The van der Waals surface area contributed by atoms with Gasteiger partial charge in [0, 0.05) is 32.5 Å². The number of carbonyl (C=O) groups excluding carboxylic acids is 1. The van der Waals surface area contributed by atoms with E-state index in [1.54, 1.807) is 7.11 Å². The molecule has 0 amide bonds. The second-order valence-corrected chi connectivity index (χ2v) is 9.32. The van der Waals surface area contributed by atoms with Gasteiger partial charge in [-0.15, -0.1) is 0 Å². The van der Waals surface area contributed by atoms with Crippen LogP contribution in [-0.2, 0) is 54.0 Å². The maximum Gasteiger partial charge on any atom is 0.522 e. The van der Waals surface area contributed by atoms with Crippen LogP contribution in [0.3, 0.4) is 0 Å². The van der Waals surface area contributed by atoms with Crippen LogP contribution in [0.25, 0.3) is 0 Å². The van der Waals surface area contributed by atoms with Crippen molar-refractivity contribution in [2.24, 2.45) is 17.3 Å². The van der Waals surface area contributed by atoms with E-state index in [2.05, 4.69) is 12.2 Å². The van der Waals surface area contributed by atoms with E-state index >= 15 is 0 Å². The predicted octanol–water partition coefficient (Wildman–Crippen LogP) is 3.62. The van der Waals surface area contributed by atoms with Crippen LogP contribution < -0.4 is 30.8 Å².